The lowest BCUT2D eigenvalue weighted by atomic mass is 10.0. The summed E-state index contributed by atoms with van der Waals surface area (Å²) in [5.41, 5.74) is 4.71. The Balaban J connectivity index is 4.06. The summed E-state index contributed by atoms with van der Waals surface area (Å²) >= 11 is 0. The number of nitrogens with two attached hydrogens (primary N) is 1. The third-order valence-corrected chi connectivity index (χ3v) is 1.29. The fourth-order valence-corrected chi connectivity index (χ4v) is 0.655. The molecule has 0 aromatic carbocycles. The molecule has 0 bridgehead atoms. The van der Waals surface area contributed by atoms with Crippen molar-refractivity contribution in [2.45, 2.75) is 12.8 Å². The summed E-state index contributed by atoms with van der Waals surface area (Å²) in [6.07, 6.45) is -0.639. The Kier molecular flexibility index (Phi) is 3.75. The largest absolute Gasteiger partial charge is 0.481 e. The first-order valence-corrected chi connectivity index (χ1v) is 3.19. The van der Waals surface area contributed by atoms with Gasteiger partial charge in [0.05, 0.1) is 0 Å². The van der Waals surface area contributed by atoms with Gasteiger partial charge in [0.25, 0.3) is 0 Å². The number of primary amides is 1. The maximum atomic E-state index is 10.4. The van der Waals surface area contributed by atoms with Crippen LogP contribution in [0.3, 0.4) is 0 Å². The lowest BCUT2D eigenvalue weighted by molar-refractivity contribution is -0.146. The van der Waals surface area contributed by atoms with E-state index >= 15 is 0 Å². The molecule has 6 heteroatoms. The monoisotopic (exact) mass is 175 g/mol. The molecular formula is C6H9NO5. The molecule has 1 amide bonds. The van der Waals surface area contributed by atoms with Gasteiger partial charge in [-0.1, -0.05) is 0 Å². The van der Waals surface area contributed by atoms with Gasteiger partial charge in [0, 0.05) is 6.42 Å². The minimum atomic E-state index is -1.40. The molecule has 1 unspecified atom stereocenters. The van der Waals surface area contributed by atoms with Gasteiger partial charge in [-0.25, -0.2) is 0 Å². The van der Waals surface area contributed by atoms with E-state index in [-0.39, 0.29) is 12.8 Å². The van der Waals surface area contributed by atoms with Crippen LogP contribution in [0.1, 0.15) is 12.8 Å². The van der Waals surface area contributed by atoms with Gasteiger partial charge in [-0.05, 0) is 6.42 Å². The van der Waals surface area contributed by atoms with Crippen LogP contribution in [0.5, 0.6) is 0 Å². The van der Waals surface area contributed by atoms with Crippen LogP contribution in [0, 0.1) is 5.92 Å². The van der Waals surface area contributed by atoms with Gasteiger partial charge in [-0.3, -0.25) is 14.4 Å². The summed E-state index contributed by atoms with van der Waals surface area (Å²) in [4.78, 5) is 30.7. The van der Waals surface area contributed by atoms with Crippen molar-refractivity contribution in [3.8, 4) is 0 Å². The molecule has 0 saturated heterocycles. The van der Waals surface area contributed by atoms with Crippen molar-refractivity contribution in [3.05, 3.63) is 0 Å². The van der Waals surface area contributed by atoms with E-state index in [1.807, 2.05) is 0 Å². The van der Waals surface area contributed by atoms with Crippen LogP contribution in [0.4, 0.5) is 0 Å². The van der Waals surface area contributed by atoms with Crippen LogP contribution in [0.25, 0.3) is 0 Å². The highest BCUT2D eigenvalue weighted by atomic mass is 16.4. The molecule has 68 valence electrons. The lowest BCUT2D eigenvalue weighted by Crippen LogP contribution is -2.30. The average Bonchev–Trinajstić information content (AvgIpc) is 1.84. The highest BCUT2D eigenvalue weighted by Gasteiger charge is 2.23. The van der Waals surface area contributed by atoms with Crippen LogP contribution in [-0.2, 0) is 14.4 Å². The molecule has 0 aliphatic rings. The Labute approximate surface area is 68.0 Å². The van der Waals surface area contributed by atoms with Gasteiger partial charge in [0.15, 0.2) is 0 Å². The first kappa shape index (κ1) is 10.4. The molecule has 0 saturated carbocycles. The second-order valence-corrected chi connectivity index (χ2v) is 2.23. The van der Waals surface area contributed by atoms with Crippen molar-refractivity contribution in [3.63, 3.8) is 0 Å². The standard InChI is InChI=1S/C6H9NO5/c7-5(10)3(6(11)12)1-2-4(8)9/h3H,1-2H2,(H2,7,10)(H,8,9)(H,11,12). The van der Waals surface area contributed by atoms with Gasteiger partial charge in [-0.2, -0.15) is 0 Å². The second kappa shape index (κ2) is 4.32. The number of hydrogen-bond acceptors (Lipinski definition) is 3. The Morgan fingerprint density at radius 1 is 1.25 bits per heavy atom. The molecule has 12 heavy (non-hydrogen) atoms. The summed E-state index contributed by atoms with van der Waals surface area (Å²) in [5.74, 6) is -4.95. The molecule has 0 heterocycles. The summed E-state index contributed by atoms with van der Waals surface area (Å²) in [5, 5.41) is 16.5. The van der Waals surface area contributed by atoms with Gasteiger partial charge < -0.3 is 15.9 Å². The third-order valence-electron chi connectivity index (χ3n) is 1.29. The molecule has 0 aliphatic carbocycles. The second-order valence-electron chi connectivity index (χ2n) is 2.23. The number of carboxylic acids is 2. The predicted octanol–water partition coefficient (Wildman–Crippen LogP) is -0.963. The normalized spacial score (nSPS) is 12.0. The van der Waals surface area contributed by atoms with Crippen molar-refractivity contribution < 1.29 is 24.6 Å². The van der Waals surface area contributed by atoms with Crippen LogP contribution in [-0.4, -0.2) is 28.1 Å². The Bertz CT molecular complexity index is 198. The number of aliphatic carboxylic acids is 2. The van der Waals surface area contributed by atoms with Gasteiger partial charge in [0.1, 0.15) is 5.92 Å². The van der Waals surface area contributed by atoms with Crippen molar-refractivity contribution in [2.24, 2.45) is 11.7 Å². The van der Waals surface area contributed by atoms with Gasteiger partial charge in [-0.15, -0.1) is 0 Å². The number of amides is 1. The first-order valence-electron chi connectivity index (χ1n) is 3.19. The van der Waals surface area contributed by atoms with E-state index in [4.69, 9.17) is 15.9 Å². The minimum absolute atomic E-state index is 0.264. The minimum Gasteiger partial charge on any atom is -0.481 e. The van der Waals surface area contributed by atoms with Crippen molar-refractivity contribution in [1.29, 1.82) is 0 Å². The number of carboxylic acid groups (broad SMARTS) is 2. The van der Waals surface area contributed by atoms with Crippen LogP contribution < -0.4 is 5.73 Å². The maximum Gasteiger partial charge on any atom is 0.316 e. The molecule has 0 aliphatic heterocycles. The van der Waals surface area contributed by atoms with E-state index in [0.29, 0.717) is 0 Å². The summed E-state index contributed by atoms with van der Waals surface area (Å²) < 4.78 is 0. The Hall–Kier alpha value is -1.59. The zero-order valence-electron chi connectivity index (χ0n) is 6.19. The van der Waals surface area contributed by atoms with E-state index < -0.39 is 23.8 Å². The number of hydrogen-bond donors (Lipinski definition) is 3. The lowest BCUT2D eigenvalue weighted by Gasteiger charge is -2.04. The SMILES string of the molecule is NC(=O)C(CCC(=O)O)C(=O)O. The van der Waals surface area contributed by atoms with E-state index in [0.717, 1.165) is 0 Å². The highest BCUT2D eigenvalue weighted by molar-refractivity contribution is 5.96. The quantitative estimate of drug-likeness (QED) is 0.465. The number of carbonyl (C=O) groups is 3. The van der Waals surface area contributed by atoms with E-state index in [1.54, 1.807) is 0 Å². The summed E-state index contributed by atoms with van der Waals surface area (Å²) in [6, 6.07) is 0. The fourth-order valence-electron chi connectivity index (χ4n) is 0.655. The molecule has 6 nitrogen and oxygen atoms in total. The highest BCUT2D eigenvalue weighted by Crippen LogP contribution is 2.05. The van der Waals surface area contributed by atoms with Crippen LogP contribution >= 0.6 is 0 Å². The zero-order chi connectivity index (χ0) is 9.72. The van der Waals surface area contributed by atoms with E-state index in [2.05, 4.69) is 0 Å². The molecule has 0 rings (SSSR count). The molecule has 0 radical (unpaired) electrons. The predicted molar refractivity (Wildman–Crippen MR) is 37.2 cm³/mol. The Morgan fingerprint density at radius 2 is 1.75 bits per heavy atom. The van der Waals surface area contributed by atoms with Crippen molar-refractivity contribution >= 4 is 17.8 Å². The molecule has 1 atom stereocenters. The van der Waals surface area contributed by atoms with Crippen molar-refractivity contribution in [1.82, 2.24) is 0 Å². The summed E-state index contributed by atoms with van der Waals surface area (Å²) in [6.45, 7) is 0. The fraction of sp³-hybridized carbons (Fsp3) is 0.500. The van der Waals surface area contributed by atoms with Crippen LogP contribution in [0.15, 0.2) is 0 Å². The molecule has 0 spiro atoms. The third kappa shape index (κ3) is 3.55. The summed E-state index contributed by atoms with van der Waals surface area (Å²) in [7, 11) is 0. The zero-order valence-corrected chi connectivity index (χ0v) is 6.19. The van der Waals surface area contributed by atoms with Gasteiger partial charge >= 0.3 is 11.9 Å². The van der Waals surface area contributed by atoms with Gasteiger partial charge in [0.2, 0.25) is 5.91 Å². The molecule has 0 aromatic heterocycles. The van der Waals surface area contributed by atoms with Crippen molar-refractivity contribution in [2.75, 3.05) is 0 Å². The van der Waals surface area contributed by atoms with E-state index in [9.17, 15) is 14.4 Å². The molecular weight excluding hydrogens is 166 g/mol. The smallest absolute Gasteiger partial charge is 0.316 e. The number of rotatable bonds is 5. The molecule has 0 fully saturated rings. The number of carbonyl (C=O) groups excluding carboxylic acids is 1. The maximum absolute atomic E-state index is 10.4. The van der Waals surface area contributed by atoms with Crippen LogP contribution in [0.2, 0.25) is 0 Å². The average molecular weight is 175 g/mol. The molecule has 4 N–H and O–H groups in total. The topological polar surface area (TPSA) is 118 Å². The molecule has 0 aromatic rings. The Morgan fingerprint density at radius 3 is 2.00 bits per heavy atom. The van der Waals surface area contributed by atoms with E-state index in [1.165, 1.54) is 0 Å². The first-order chi connectivity index (χ1) is 5.45.